The summed E-state index contributed by atoms with van der Waals surface area (Å²) < 4.78 is 16.5. The first kappa shape index (κ1) is 25.8. The second-order valence-corrected chi connectivity index (χ2v) is 9.52. The predicted molar refractivity (Wildman–Crippen MR) is 145 cm³/mol. The van der Waals surface area contributed by atoms with Crippen molar-refractivity contribution >= 4 is 17.5 Å². The summed E-state index contributed by atoms with van der Waals surface area (Å²) in [7, 11) is 3.38. The Balaban J connectivity index is 1.39. The molecule has 1 fully saturated rings. The molecular formula is C30H33N3O5. The van der Waals surface area contributed by atoms with Crippen LogP contribution < -0.4 is 14.4 Å². The first-order chi connectivity index (χ1) is 18.5. The molecule has 0 radical (unpaired) electrons. The van der Waals surface area contributed by atoms with Gasteiger partial charge >= 0.3 is 0 Å². The molecule has 0 spiro atoms. The number of benzene rings is 3. The average molecular weight is 516 g/mol. The summed E-state index contributed by atoms with van der Waals surface area (Å²) in [6.45, 7) is 3.48. The van der Waals surface area contributed by atoms with Gasteiger partial charge in [0.25, 0.3) is 5.91 Å². The van der Waals surface area contributed by atoms with Crippen LogP contribution in [0.15, 0.2) is 72.8 Å². The summed E-state index contributed by atoms with van der Waals surface area (Å²) in [5.74, 6) is 0.739. The largest absolute Gasteiger partial charge is 0.497 e. The summed E-state index contributed by atoms with van der Waals surface area (Å²) >= 11 is 0. The van der Waals surface area contributed by atoms with Crippen LogP contribution in [-0.2, 0) is 14.3 Å². The Morgan fingerprint density at radius 1 is 1.00 bits per heavy atom. The zero-order chi connectivity index (χ0) is 26.5. The van der Waals surface area contributed by atoms with E-state index in [0.717, 1.165) is 29.8 Å². The number of morpholine rings is 1. The van der Waals surface area contributed by atoms with E-state index in [2.05, 4.69) is 41.3 Å². The summed E-state index contributed by atoms with van der Waals surface area (Å²) in [5.41, 5.74) is 3.85. The van der Waals surface area contributed by atoms with Crippen LogP contribution in [0.1, 0.15) is 11.6 Å². The molecule has 8 heteroatoms. The SMILES string of the molecule is COc1ccc2c(c1)N(CC(=O)N(C)C(CN1CCOCC1)c1ccc(-c3ccccc3)cc1)C(=O)CO2. The highest BCUT2D eigenvalue weighted by Crippen LogP contribution is 2.35. The third-order valence-corrected chi connectivity index (χ3v) is 7.20. The van der Waals surface area contributed by atoms with Crippen LogP contribution in [0.2, 0.25) is 0 Å². The monoisotopic (exact) mass is 515 g/mol. The maximum absolute atomic E-state index is 13.7. The molecule has 3 aromatic rings. The topological polar surface area (TPSA) is 71.5 Å². The van der Waals surface area contributed by atoms with E-state index in [4.69, 9.17) is 14.2 Å². The van der Waals surface area contributed by atoms with Crippen molar-refractivity contribution in [3.05, 3.63) is 78.4 Å². The molecule has 198 valence electrons. The van der Waals surface area contributed by atoms with Crippen molar-refractivity contribution in [2.45, 2.75) is 6.04 Å². The molecule has 2 amide bonds. The molecule has 1 atom stereocenters. The van der Waals surface area contributed by atoms with Crippen LogP contribution in [-0.4, -0.2) is 81.8 Å². The number of hydrogen-bond donors (Lipinski definition) is 0. The molecule has 0 aliphatic carbocycles. The molecule has 2 aliphatic heterocycles. The third-order valence-electron chi connectivity index (χ3n) is 7.20. The highest BCUT2D eigenvalue weighted by atomic mass is 16.5. The molecule has 8 nitrogen and oxygen atoms in total. The van der Waals surface area contributed by atoms with E-state index in [9.17, 15) is 9.59 Å². The lowest BCUT2D eigenvalue weighted by atomic mass is 9.99. The zero-order valence-corrected chi connectivity index (χ0v) is 21.8. The fourth-order valence-corrected chi connectivity index (χ4v) is 4.91. The molecule has 0 aromatic heterocycles. The number of ether oxygens (including phenoxy) is 3. The van der Waals surface area contributed by atoms with Gasteiger partial charge in [0.15, 0.2) is 6.61 Å². The van der Waals surface area contributed by atoms with Crippen LogP contribution in [0.4, 0.5) is 5.69 Å². The standard InChI is InChI=1S/C30H33N3O5/c1-31(29(34)20-33-26-18-25(36-2)12-13-28(26)38-21-30(33)35)27(19-32-14-16-37-17-15-32)24-10-8-23(9-11-24)22-6-4-3-5-7-22/h3-13,18,27H,14-17,19-21H2,1-2H3. The van der Waals surface area contributed by atoms with Gasteiger partial charge in [-0.05, 0) is 28.8 Å². The lowest BCUT2D eigenvalue weighted by molar-refractivity contribution is -0.133. The van der Waals surface area contributed by atoms with Crippen LogP contribution >= 0.6 is 0 Å². The van der Waals surface area contributed by atoms with Crippen LogP contribution in [0, 0.1) is 0 Å². The first-order valence-corrected chi connectivity index (χ1v) is 12.9. The van der Waals surface area contributed by atoms with E-state index in [1.165, 1.54) is 4.90 Å². The Kier molecular flexibility index (Phi) is 7.91. The van der Waals surface area contributed by atoms with E-state index >= 15 is 0 Å². The summed E-state index contributed by atoms with van der Waals surface area (Å²) in [6.07, 6.45) is 0. The predicted octanol–water partition coefficient (Wildman–Crippen LogP) is 3.62. The Labute approximate surface area is 223 Å². The van der Waals surface area contributed by atoms with Crippen molar-refractivity contribution in [3.63, 3.8) is 0 Å². The Morgan fingerprint density at radius 3 is 2.42 bits per heavy atom. The molecule has 0 saturated carbocycles. The van der Waals surface area contributed by atoms with E-state index in [0.29, 0.717) is 36.9 Å². The minimum absolute atomic E-state index is 0.0828. The van der Waals surface area contributed by atoms with Crippen LogP contribution in [0.25, 0.3) is 11.1 Å². The smallest absolute Gasteiger partial charge is 0.265 e. The van der Waals surface area contributed by atoms with Gasteiger partial charge in [0, 0.05) is 32.7 Å². The van der Waals surface area contributed by atoms with Crippen LogP contribution in [0.3, 0.4) is 0 Å². The lowest BCUT2D eigenvalue weighted by Gasteiger charge is -2.37. The molecule has 2 heterocycles. The zero-order valence-electron chi connectivity index (χ0n) is 21.8. The minimum Gasteiger partial charge on any atom is -0.497 e. The minimum atomic E-state index is -0.260. The van der Waals surface area contributed by atoms with Crippen molar-refractivity contribution in [1.29, 1.82) is 0 Å². The first-order valence-electron chi connectivity index (χ1n) is 12.9. The molecular weight excluding hydrogens is 482 g/mol. The highest BCUT2D eigenvalue weighted by molar-refractivity contribution is 6.02. The van der Waals surface area contributed by atoms with Crippen molar-refractivity contribution in [2.75, 3.05) is 65.1 Å². The molecule has 1 saturated heterocycles. The van der Waals surface area contributed by atoms with Gasteiger partial charge in [-0.25, -0.2) is 0 Å². The van der Waals surface area contributed by atoms with Gasteiger partial charge in [-0.3, -0.25) is 19.4 Å². The molecule has 3 aromatic carbocycles. The number of methoxy groups -OCH3 is 1. The van der Waals surface area contributed by atoms with Gasteiger partial charge < -0.3 is 19.1 Å². The second kappa shape index (κ2) is 11.7. The number of hydrogen-bond acceptors (Lipinski definition) is 6. The fraction of sp³-hybridized carbons (Fsp3) is 0.333. The third kappa shape index (κ3) is 5.66. The maximum atomic E-state index is 13.7. The number of anilines is 1. The number of carbonyl (C=O) groups excluding carboxylic acids is 2. The number of likely N-dealkylation sites (N-methyl/N-ethyl adjacent to an activating group) is 1. The van der Waals surface area contributed by atoms with Crippen LogP contribution in [0.5, 0.6) is 11.5 Å². The lowest BCUT2D eigenvalue weighted by Crippen LogP contribution is -2.48. The van der Waals surface area contributed by atoms with Crippen molar-refractivity contribution in [1.82, 2.24) is 9.80 Å². The van der Waals surface area contributed by atoms with Gasteiger partial charge in [0.2, 0.25) is 5.91 Å². The van der Waals surface area contributed by atoms with Crippen molar-refractivity contribution < 1.29 is 23.8 Å². The molecule has 5 rings (SSSR count). The van der Waals surface area contributed by atoms with Gasteiger partial charge in [-0.15, -0.1) is 0 Å². The molecule has 0 bridgehead atoms. The van der Waals surface area contributed by atoms with E-state index < -0.39 is 0 Å². The molecule has 38 heavy (non-hydrogen) atoms. The Bertz CT molecular complexity index is 1260. The fourth-order valence-electron chi connectivity index (χ4n) is 4.91. The summed E-state index contributed by atoms with van der Waals surface area (Å²) in [5, 5.41) is 0. The normalized spacial score (nSPS) is 16.4. The van der Waals surface area contributed by atoms with Crippen molar-refractivity contribution in [2.24, 2.45) is 0 Å². The maximum Gasteiger partial charge on any atom is 0.265 e. The number of amides is 2. The highest BCUT2D eigenvalue weighted by Gasteiger charge is 2.31. The Hall–Kier alpha value is -3.88. The van der Waals surface area contributed by atoms with Gasteiger partial charge in [0.1, 0.15) is 18.0 Å². The number of nitrogens with zero attached hydrogens (tertiary/aromatic N) is 3. The van der Waals surface area contributed by atoms with E-state index in [1.54, 1.807) is 30.2 Å². The molecule has 1 unspecified atom stereocenters. The van der Waals surface area contributed by atoms with E-state index in [1.807, 2.05) is 25.2 Å². The second-order valence-electron chi connectivity index (χ2n) is 9.52. The quantitative estimate of drug-likeness (QED) is 0.457. The van der Waals surface area contributed by atoms with Gasteiger partial charge in [0.05, 0.1) is 32.1 Å². The van der Waals surface area contributed by atoms with E-state index in [-0.39, 0.29) is 31.0 Å². The molecule has 2 aliphatic rings. The van der Waals surface area contributed by atoms with Gasteiger partial charge in [-0.2, -0.15) is 0 Å². The number of fused-ring (bicyclic) bond motifs is 1. The number of carbonyl (C=O) groups is 2. The Morgan fingerprint density at radius 2 is 1.71 bits per heavy atom. The average Bonchev–Trinajstić information content (AvgIpc) is 2.98. The summed E-state index contributed by atoms with van der Waals surface area (Å²) in [4.78, 5) is 32.1. The molecule has 0 N–H and O–H groups in total. The number of rotatable bonds is 8. The summed E-state index contributed by atoms with van der Waals surface area (Å²) in [6, 6.07) is 23.7. The van der Waals surface area contributed by atoms with Gasteiger partial charge in [-0.1, -0.05) is 54.6 Å². The van der Waals surface area contributed by atoms with Crippen molar-refractivity contribution in [3.8, 4) is 22.6 Å².